The van der Waals surface area contributed by atoms with Crippen molar-refractivity contribution in [1.82, 2.24) is 0 Å². The van der Waals surface area contributed by atoms with Crippen LogP contribution in [0.2, 0.25) is 6.04 Å². The Kier molecular flexibility index (Phi) is 4.47. The van der Waals surface area contributed by atoms with Crippen LogP contribution in [0, 0.1) is 0 Å². The van der Waals surface area contributed by atoms with Crippen molar-refractivity contribution in [3.05, 3.63) is 0 Å². The molecular formula is C6H14O3SSi. The topological polar surface area (TPSA) is 31.0 Å². The minimum Gasteiger partial charge on any atom is -0.393 e. The molecule has 0 amide bonds. The van der Waals surface area contributed by atoms with Crippen LogP contribution in [0.5, 0.6) is 0 Å². The van der Waals surface area contributed by atoms with Crippen LogP contribution in [0.3, 0.4) is 0 Å². The molecule has 66 valence electrons. The Labute approximate surface area is 74.5 Å². The summed E-state index contributed by atoms with van der Waals surface area (Å²) in [6.45, 7) is 3.65. The van der Waals surface area contributed by atoms with Gasteiger partial charge >= 0.3 is 9.28 Å². The lowest BCUT2D eigenvalue weighted by Crippen LogP contribution is -2.21. The van der Waals surface area contributed by atoms with E-state index in [1.807, 2.05) is 0 Å². The van der Waals surface area contributed by atoms with E-state index >= 15 is 0 Å². The Morgan fingerprint density at radius 3 is 2.91 bits per heavy atom. The van der Waals surface area contributed by atoms with Crippen LogP contribution in [0.15, 0.2) is 0 Å². The van der Waals surface area contributed by atoms with Crippen molar-refractivity contribution in [2.45, 2.75) is 25.5 Å². The third-order valence-corrected chi connectivity index (χ3v) is 4.07. The fourth-order valence-corrected chi connectivity index (χ4v) is 2.51. The van der Waals surface area contributed by atoms with Gasteiger partial charge in [0.15, 0.2) is 0 Å². The predicted molar refractivity (Wildman–Crippen MR) is 48.0 cm³/mol. The smallest absolute Gasteiger partial charge is 0.334 e. The highest BCUT2D eigenvalue weighted by atomic mass is 32.1. The monoisotopic (exact) mass is 194 g/mol. The Hall–Kier alpha value is 0.447. The van der Waals surface area contributed by atoms with Gasteiger partial charge in [0.25, 0.3) is 0 Å². The molecule has 1 aliphatic rings. The van der Waals surface area contributed by atoms with E-state index in [0.29, 0.717) is 12.7 Å². The molecule has 0 aromatic carbocycles. The van der Waals surface area contributed by atoms with Gasteiger partial charge in [0, 0.05) is 0 Å². The largest absolute Gasteiger partial charge is 0.393 e. The van der Waals surface area contributed by atoms with Crippen LogP contribution in [0.4, 0.5) is 0 Å². The maximum absolute atomic E-state index is 5.47. The summed E-state index contributed by atoms with van der Waals surface area (Å²) in [5.41, 5.74) is 0. The van der Waals surface area contributed by atoms with Crippen molar-refractivity contribution in [2.24, 2.45) is 0 Å². The van der Waals surface area contributed by atoms with Crippen LogP contribution in [0.1, 0.15) is 13.3 Å². The number of ether oxygens (including phenoxy) is 1. The van der Waals surface area contributed by atoms with Crippen LogP contribution in [-0.4, -0.2) is 28.6 Å². The number of hydrogen-bond acceptors (Lipinski definition) is 4. The molecule has 0 spiro atoms. The zero-order valence-corrected chi connectivity index (χ0v) is 8.70. The quantitative estimate of drug-likeness (QED) is 0.295. The molecule has 2 unspecified atom stereocenters. The van der Waals surface area contributed by atoms with Gasteiger partial charge in [-0.3, -0.25) is 0 Å². The summed E-state index contributed by atoms with van der Waals surface area (Å²) in [5.74, 6) is 0. The Morgan fingerprint density at radius 1 is 1.73 bits per heavy atom. The molecule has 0 aliphatic carbocycles. The van der Waals surface area contributed by atoms with Gasteiger partial charge in [-0.05, 0) is 19.0 Å². The molecule has 0 N–H and O–H groups in total. The standard InChI is InChI=1S/C6H14O3SSi/c1-2-3-11(9-10)8-5-6-4-7-6/h6,10-11H,2-5H2,1H3. The van der Waals surface area contributed by atoms with Gasteiger partial charge in [0.1, 0.15) is 6.10 Å². The Bertz CT molecular complexity index is 110. The SMILES string of the molecule is CCC[SiH](OS)OCC1CO1. The van der Waals surface area contributed by atoms with Gasteiger partial charge in [-0.15, -0.1) is 0 Å². The summed E-state index contributed by atoms with van der Waals surface area (Å²) in [5, 5.41) is 0. The van der Waals surface area contributed by atoms with Gasteiger partial charge in [0.05, 0.1) is 13.2 Å². The van der Waals surface area contributed by atoms with E-state index in [-0.39, 0.29) is 0 Å². The second-order valence-electron chi connectivity index (χ2n) is 2.61. The lowest BCUT2D eigenvalue weighted by Gasteiger charge is -2.10. The van der Waals surface area contributed by atoms with E-state index in [0.717, 1.165) is 19.1 Å². The third-order valence-electron chi connectivity index (χ3n) is 1.51. The van der Waals surface area contributed by atoms with E-state index < -0.39 is 9.28 Å². The molecule has 0 aromatic rings. The van der Waals surface area contributed by atoms with Crippen molar-refractivity contribution in [1.29, 1.82) is 0 Å². The summed E-state index contributed by atoms with van der Waals surface area (Å²) in [4.78, 5) is 0. The summed E-state index contributed by atoms with van der Waals surface area (Å²) >= 11 is 3.77. The maximum Gasteiger partial charge on any atom is 0.334 e. The highest BCUT2D eigenvalue weighted by Gasteiger charge is 2.24. The van der Waals surface area contributed by atoms with Crippen molar-refractivity contribution in [3.63, 3.8) is 0 Å². The van der Waals surface area contributed by atoms with E-state index in [1.165, 1.54) is 0 Å². The molecule has 1 fully saturated rings. The number of epoxide rings is 1. The Morgan fingerprint density at radius 2 is 2.45 bits per heavy atom. The first-order chi connectivity index (χ1) is 5.36. The maximum atomic E-state index is 5.47. The second kappa shape index (κ2) is 5.16. The average Bonchev–Trinajstić information content (AvgIpc) is 2.81. The summed E-state index contributed by atoms with van der Waals surface area (Å²) < 4.78 is 15.4. The first-order valence-electron chi connectivity index (χ1n) is 3.90. The lowest BCUT2D eigenvalue weighted by molar-refractivity contribution is 0.235. The molecule has 2 atom stereocenters. The van der Waals surface area contributed by atoms with Crippen molar-refractivity contribution in [3.8, 4) is 0 Å². The molecule has 1 rings (SSSR count). The van der Waals surface area contributed by atoms with Gasteiger partial charge in [-0.1, -0.05) is 13.3 Å². The van der Waals surface area contributed by atoms with Crippen molar-refractivity contribution >= 4 is 22.2 Å². The molecule has 0 bridgehead atoms. The first-order valence-corrected chi connectivity index (χ1v) is 6.02. The summed E-state index contributed by atoms with van der Waals surface area (Å²) in [6, 6.07) is 1.02. The lowest BCUT2D eigenvalue weighted by atomic mass is 10.5. The van der Waals surface area contributed by atoms with Crippen LogP contribution in [0.25, 0.3) is 0 Å². The van der Waals surface area contributed by atoms with Gasteiger partial charge in [-0.2, -0.15) is 0 Å². The van der Waals surface area contributed by atoms with Crippen LogP contribution < -0.4 is 0 Å². The zero-order chi connectivity index (χ0) is 8.10. The van der Waals surface area contributed by atoms with Crippen LogP contribution >= 0.6 is 12.9 Å². The molecule has 0 radical (unpaired) electrons. The third kappa shape index (κ3) is 4.12. The minimum absolute atomic E-state index is 0.338. The molecule has 1 aliphatic heterocycles. The average molecular weight is 194 g/mol. The second-order valence-corrected chi connectivity index (χ2v) is 5.23. The fourth-order valence-electron chi connectivity index (χ4n) is 0.781. The zero-order valence-electron chi connectivity index (χ0n) is 6.66. The fraction of sp³-hybridized carbons (Fsp3) is 1.00. The predicted octanol–water partition coefficient (Wildman–Crippen LogP) is 0.894. The van der Waals surface area contributed by atoms with E-state index in [1.54, 1.807) is 0 Å². The van der Waals surface area contributed by atoms with E-state index in [9.17, 15) is 0 Å². The minimum atomic E-state index is -1.44. The van der Waals surface area contributed by atoms with E-state index in [4.69, 9.17) is 13.0 Å². The highest BCUT2D eigenvalue weighted by Crippen LogP contribution is 2.11. The molecular weight excluding hydrogens is 180 g/mol. The molecule has 0 aromatic heterocycles. The number of hydrogen-bond donors (Lipinski definition) is 1. The summed E-state index contributed by atoms with van der Waals surface area (Å²) in [6.07, 6.45) is 1.44. The Balaban J connectivity index is 1.98. The van der Waals surface area contributed by atoms with Gasteiger partial charge < -0.3 is 13.0 Å². The van der Waals surface area contributed by atoms with Gasteiger partial charge in [0.2, 0.25) is 0 Å². The van der Waals surface area contributed by atoms with Crippen molar-refractivity contribution in [2.75, 3.05) is 13.2 Å². The molecule has 3 nitrogen and oxygen atoms in total. The molecule has 11 heavy (non-hydrogen) atoms. The molecule has 5 heteroatoms. The molecule has 0 saturated carbocycles. The highest BCUT2D eigenvalue weighted by molar-refractivity contribution is 7.76. The van der Waals surface area contributed by atoms with E-state index in [2.05, 4.69) is 19.8 Å². The first kappa shape index (κ1) is 9.53. The van der Waals surface area contributed by atoms with Crippen LogP contribution in [-0.2, 0) is 13.0 Å². The number of rotatable bonds is 6. The normalized spacial score (nSPS) is 25.1. The van der Waals surface area contributed by atoms with Gasteiger partial charge in [-0.25, -0.2) is 0 Å². The molecule has 1 saturated heterocycles. The van der Waals surface area contributed by atoms with Crippen molar-refractivity contribution < 1.29 is 13.0 Å². The number of thiol groups is 1. The molecule has 1 heterocycles. The summed E-state index contributed by atoms with van der Waals surface area (Å²) in [7, 11) is -1.44.